The Labute approximate surface area is 95.2 Å². The van der Waals surface area contributed by atoms with E-state index >= 15 is 0 Å². The van der Waals surface area contributed by atoms with Gasteiger partial charge in [-0.15, -0.1) is 6.58 Å². The van der Waals surface area contributed by atoms with Crippen molar-refractivity contribution in [1.29, 1.82) is 0 Å². The number of hydrogen-bond acceptors (Lipinski definition) is 2. The van der Waals surface area contributed by atoms with E-state index in [0.29, 0.717) is 10.6 Å². The molecule has 1 aromatic carbocycles. The second kappa shape index (κ2) is 5.56. The Kier molecular flexibility index (Phi) is 4.37. The highest BCUT2D eigenvalue weighted by molar-refractivity contribution is 6.33. The summed E-state index contributed by atoms with van der Waals surface area (Å²) in [6, 6.07) is 5.30. The Morgan fingerprint density at radius 1 is 1.53 bits per heavy atom. The third-order valence-corrected chi connectivity index (χ3v) is 2.48. The number of nitrogens with zero attached hydrogens (tertiary/aromatic N) is 1. The van der Waals surface area contributed by atoms with E-state index in [4.69, 9.17) is 11.6 Å². The summed E-state index contributed by atoms with van der Waals surface area (Å²) in [5.41, 5.74) is 1.53. The lowest BCUT2D eigenvalue weighted by Crippen LogP contribution is -2.22. The van der Waals surface area contributed by atoms with Crippen molar-refractivity contribution in [3.8, 4) is 0 Å². The summed E-state index contributed by atoms with van der Waals surface area (Å²) in [4.78, 5) is 12.6. The number of benzene rings is 1. The van der Waals surface area contributed by atoms with Gasteiger partial charge in [0.2, 0.25) is 0 Å². The summed E-state index contributed by atoms with van der Waals surface area (Å²) >= 11 is 6.08. The first kappa shape index (κ1) is 11.8. The van der Waals surface area contributed by atoms with Crippen LogP contribution >= 0.6 is 11.6 Å². The number of anilines is 1. The lowest BCUT2D eigenvalue weighted by Gasteiger charge is -2.22. The predicted molar refractivity (Wildman–Crippen MR) is 64.9 cm³/mol. The first-order valence-electron chi connectivity index (χ1n) is 4.83. The van der Waals surface area contributed by atoms with Crippen LogP contribution in [0.25, 0.3) is 0 Å². The number of halogens is 1. The van der Waals surface area contributed by atoms with Crippen LogP contribution in [-0.2, 0) is 0 Å². The zero-order chi connectivity index (χ0) is 11.3. The van der Waals surface area contributed by atoms with Crippen molar-refractivity contribution in [1.82, 2.24) is 0 Å². The molecule has 0 saturated carbocycles. The van der Waals surface area contributed by atoms with Crippen molar-refractivity contribution in [2.24, 2.45) is 0 Å². The minimum absolute atomic E-state index is 0.596. The third kappa shape index (κ3) is 2.83. The number of carbonyl (C=O) groups is 1. The molecule has 3 heteroatoms. The Balaban J connectivity index is 3.02. The molecule has 0 atom stereocenters. The van der Waals surface area contributed by atoms with Crippen molar-refractivity contribution >= 4 is 23.6 Å². The molecule has 1 rings (SSSR count). The van der Waals surface area contributed by atoms with Crippen LogP contribution in [0.2, 0.25) is 5.02 Å². The van der Waals surface area contributed by atoms with E-state index in [2.05, 4.69) is 11.5 Å². The Bertz CT molecular complexity index is 363. The molecule has 0 heterocycles. The van der Waals surface area contributed by atoms with Crippen LogP contribution in [0.1, 0.15) is 17.3 Å². The smallest absolute Gasteiger partial charge is 0.150 e. The van der Waals surface area contributed by atoms with Gasteiger partial charge in [-0.05, 0) is 25.1 Å². The number of carbonyl (C=O) groups excluding carboxylic acids is 1. The van der Waals surface area contributed by atoms with Gasteiger partial charge in [0.1, 0.15) is 6.29 Å². The second-order valence-electron chi connectivity index (χ2n) is 3.16. The van der Waals surface area contributed by atoms with Crippen LogP contribution in [0.15, 0.2) is 30.9 Å². The largest absolute Gasteiger partial charge is 0.367 e. The SMILES string of the molecule is C=CCN(CC)c1ccc(C=O)cc1Cl. The maximum absolute atomic E-state index is 10.5. The van der Waals surface area contributed by atoms with E-state index in [9.17, 15) is 4.79 Å². The molecule has 80 valence electrons. The van der Waals surface area contributed by atoms with Gasteiger partial charge in [-0.2, -0.15) is 0 Å². The number of rotatable bonds is 5. The Morgan fingerprint density at radius 2 is 2.27 bits per heavy atom. The summed E-state index contributed by atoms with van der Waals surface area (Å²) in [6.45, 7) is 7.35. The highest BCUT2D eigenvalue weighted by atomic mass is 35.5. The van der Waals surface area contributed by atoms with Crippen molar-refractivity contribution in [3.05, 3.63) is 41.4 Å². The van der Waals surface area contributed by atoms with Crippen LogP contribution in [0.3, 0.4) is 0 Å². The minimum Gasteiger partial charge on any atom is -0.367 e. The topological polar surface area (TPSA) is 20.3 Å². The normalized spacial score (nSPS) is 9.73. The van der Waals surface area contributed by atoms with Gasteiger partial charge in [-0.3, -0.25) is 4.79 Å². The monoisotopic (exact) mass is 223 g/mol. The fourth-order valence-electron chi connectivity index (χ4n) is 1.41. The summed E-state index contributed by atoms with van der Waals surface area (Å²) in [5.74, 6) is 0. The van der Waals surface area contributed by atoms with Gasteiger partial charge < -0.3 is 4.90 Å². The van der Waals surface area contributed by atoms with E-state index < -0.39 is 0 Å². The zero-order valence-corrected chi connectivity index (χ0v) is 9.50. The molecule has 0 saturated heterocycles. The summed E-state index contributed by atoms with van der Waals surface area (Å²) in [6.07, 6.45) is 2.62. The van der Waals surface area contributed by atoms with E-state index in [-0.39, 0.29) is 0 Å². The van der Waals surface area contributed by atoms with Crippen molar-refractivity contribution in [3.63, 3.8) is 0 Å². The van der Waals surface area contributed by atoms with Crippen molar-refractivity contribution < 1.29 is 4.79 Å². The fraction of sp³-hybridized carbons (Fsp3) is 0.250. The van der Waals surface area contributed by atoms with Gasteiger partial charge in [0.25, 0.3) is 0 Å². The van der Waals surface area contributed by atoms with E-state index in [1.807, 2.05) is 19.1 Å². The highest BCUT2D eigenvalue weighted by Gasteiger charge is 2.07. The lowest BCUT2D eigenvalue weighted by molar-refractivity contribution is 0.112. The average molecular weight is 224 g/mol. The molecule has 0 amide bonds. The first-order chi connectivity index (χ1) is 7.22. The standard InChI is InChI=1S/C12H14ClNO/c1-3-7-14(4-2)12-6-5-10(9-15)8-11(12)13/h3,5-6,8-9H,1,4,7H2,2H3. The molecule has 0 fully saturated rings. The van der Waals surface area contributed by atoms with E-state index in [1.165, 1.54) is 0 Å². The maximum atomic E-state index is 10.5. The fourth-order valence-corrected chi connectivity index (χ4v) is 1.72. The predicted octanol–water partition coefficient (Wildman–Crippen LogP) is 3.16. The van der Waals surface area contributed by atoms with Gasteiger partial charge in [-0.1, -0.05) is 17.7 Å². The van der Waals surface area contributed by atoms with Gasteiger partial charge in [0, 0.05) is 18.7 Å². The van der Waals surface area contributed by atoms with Gasteiger partial charge in [0.05, 0.1) is 10.7 Å². The lowest BCUT2D eigenvalue weighted by atomic mass is 10.2. The minimum atomic E-state index is 0.596. The summed E-state index contributed by atoms with van der Waals surface area (Å²) < 4.78 is 0. The molecule has 2 nitrogen and oxygen atoms in total. The number of hydrogen-bond donors (Lipinski definition) is 0. The first-order valence-corrected chi connectivity index (χ1v) is 5.21. The highest BCUT2D eigenvalue weighted by Crippen LogP contribution is 2.26. The molecule has 0 aliphatic carbocycles. The summed E-state index contributed by atoms with van der Waals surface area (Å²) in [5, 5.41) is 0.600. The quantitative estimate of drug-likeness (QED) is 0.565. The Hall–Kier alpha value is -1.28. The Morgan fingerprint density at radius 3 is 2.73 bits per heavy atom. The van der Waals surface area contributed by atoms with Gasteiger partial charge in [-0.25, -0.2) is 0 Å². The van der Waals surface area contributed by atoms with Crippen LogP contribution in [-0.4, -0.2) is 19.4 Å². The van der Waals surface area contributed by atoms with Crippen molar-refractivity contribution in [2.45, 2.75) is 6.92 Å². The van der Waals surface area contributed by atoms with Crippen LogP contribution < -0.4 is 4.90 Å². The molecule has 0 unspecified atom stereocenters. The van der Waals surface area contributed by atoms with Gasteiger partial charge in [0.15, 0.2) is 0 Å². The number of likely N-dealkylation sites (N-methyl/N-ethyl adjacent to an activating group) is 1. The molecule has 1 aromatic rings. The molecule has 0 aliphatic heterocycles. The zero-order valence-electron chi connectivity index (χ0n) is 8.74. The van der Waals surface area contributed by atoms with Crippen LogP contribution in [0, 0.1) is 0 Å². The van der Waals surface area contributed by atoms with Gasteiger partial charge >= 0.3 is 0 Å². The number of aldehydes is 1. The van der Waals surface area contributed by atoms with E-state index in [0.717, 1.165) is 25.1 Å². The average Bonchev–Trinajstić information content (AvgIpc) is 2.26. The second-order valence-corrected chi connectivity index (χ2v) is 3.56. The van der Waals surface area contributed by atoms with Crippen LogP contribution in [0.5, 0.6) is 0 Å². The molecule has 0 N–H and O–H groups in total. The molecule has 0 radical (unpaired) electrons. The molecule has 0 aliphatic rings. The van der Waals surface area contributed by atoms with Crippen molar-refractivity contribution in [2.75, 3.05) is 18.0 Å². The molecular formula is C12H14ClNO. The molecular weight excluding hydrogens is 210 g/mol. The molecule has 0 aromatic heterocycles. The summed E-state index contributed by atoms with van der Waals surface area (Å²) in [7, 11) is 0. The maximum Gasteiger partial charge on any atom is 0.150 e. The van der Waals surface area contributed by atoms with Crippen LogP contribution in [0.4, 0.5) is 5.69 Å². The molecule has 0 spiro atoms. The third-order valence-electron chi connectivity index (χ3n) is 2.18. The van der Waals surface area contributed by atoms with E-state index in [1.54, 1.807) is 12.1 Å². The molecule has 0 bridgehead atoms. The molecule has 15 heavy (non-hydrogen) atoms.